The van der Waals surface area contributed by atoms with Crippen LogP contribution in [0, 0.1) is 23.7 Å². The number of primary amides is 1. The van der Waals surface area contributed by atoms with Crippen LogP contribution in [-0.2, 0) is 0 Å². The van der Waals surface area contributed by atoms with Crippen LogP contribution in [0.25, 0.3) is 11.2 Å². The minimum absolute atomic E-state index is 0.440. The topological polar surface area (TPSA) is 96.7 Å². The molecule has 6 nitrogen and oxygen atoms in total. The van der Waals surface area contributed by atoms with Gasteiger partial charge in [-0.1, -0.05) is 0 Å². The van der Waals surface area contributed by atoms with Crippen molar-refractivity contribution in [1.82, 2.24) is 15.0 Å². The molecule has 0 saturated heterocycles. The summed E-state index contributed by atoms with van der Waals surface area (Å²) < 4.78 is 0. The van der Waals surface area contributed by atoms with Gasteiger partial charge in [-0.15, -0.1) is 0 Å². The van der Waals surface area contributed by atoms with Crippen molar-refractivity contribution in [3.8, 4) is 0 Å². The minimum atomic E-state index is -0.444. The van der Waals surface area contributed by atoms with E-state index in [9.17, 15) is 4.79 Å². The summed E-state index contributed by atoms with van der Waals surface area (Å²) in [5.41, 5.74) is 8.23. The fourth-order valence-corrected chi connectivity index (χ4v) is 5.56. The third-order valence-corrected chi connectivity index (χ3v) is 6.26. The Balaban J connectivity index is 1.55. The van der Waals surface area contributed by atoms with Crippen LogP contribution in [0.5, 0.6) is 0 Å². The maximum atomic E-state index is 11.8. The second-order valence-corrected chi connectivity index (χ2v) is 7.61. The van der Waals surface area contributed by atoms with Crippen molar-refractivity contribution in [3.05, 3.63) is 18.1 Å². The average molecular weight is 311 g/mol. The van der Waals surface area contributed by atoms with Gasteiger partial charge in [0.2, 0.25) is 0 Å². The molecule has 0 aliphatic heterocycles. The van der Waals surface area contributed by atoms with Crippen molar-refractivity contribution >= 4 is 22.8 Å². The highest BCUT2D eigenvalue weighted by Crippen LogP contribution is 2.54. The first-order valence-electron chi connectivity index (χ1n) is 8.57. The summed E-state index contributed by atoms with van der Waals surface area (Å²) in [6.45, 7) is 0. The van der Waals surface area contributed by atoms with E-state index in [1.165, 1.54) is 32.1 Å². The molecule has 4 N–H and O–H groups in total. The van der Waals surface area contributed by atoms with Crippen molar-refractivity contribution in [2.45, 2.75) is 38.1 Å². The van der Waals surface area contributed by atoms with Gasteiger partial charge in [0.05, 0.1) is 17.6 Å². The largest absolute Gasteiger partial charge is 0.379 e. The lowest BCUT2D eigenvalue weighted by molar-refractivity contribution is 0.00755. The summed E-state index contributed by atoms with van der Waals surface area (Å²) in [6, 6.07) is 0.440. The third-order valence-electron chi connectivity index (χ3n) is 6.26. The first-order valence-corrected chi connectivity index (χ1v) is 8.57. The maximum Gasteiger partial charge on any atom is 0.252 e. The number of imidazole rings is 1. The number of nitrogens with two attached hydrogens (primary N) is 1. The number of rotatable bonds is 3. The smallest absolute Gasteiger partial charge is 0.252 e. The molecule has 4 aliphatic carbocycles. The van der Waals surface area contributed by atoms with E-state index in [-0.39, 0.29) is 0 Å². The molecule has 6 rings (SSSR count). The lowest BCUT2D eigenvalue weighted by atomic mass is 9.54. The van der Waals surface area contributed by atoms with E-state index in [0.29, 0.717) is 17.3 Å². The fraction of sp³-hybridized carbons (Fsp3) is 0.588. The van der Waals surface area contributed by atoms with Gasteiger partial charge in [0.1, 0.15) is 5.52 Å². The highest BCUT2D eigenvalue weighted by atomic mass is 16.1. The van der Waals surface area contributed by atoms with Gasteiger partial charge in [-0.25, -0.2) is 9.97 Å². The van der Waals surface area contributed by atoms with Crippen LogP contribution in [0.3, 0.4) is 0 Å². The molecule has 23 heavy (non-hydrogen) atoms. The molecule has 0 radical (unpaired) electrons. The monoisotopic (exact) mass is 311 g/mol. The summed E-state index contributed by atoms with van der Waals surface area (Å²) in [5.74, 6) is 2.85. The van der Waals surface area contributed by atoms with Gasteiger partial charge in [-0.3, -0.25) is 4.79 Å². The van der Waals surface area contributed by atoms with Crippen LogP contribution in [0.2, 0.25) is 0 Å². The zero-order chi connectivity index (χ0) is 15.6. The quantitative estimate of drug-likeness (QED) is 0.810. The van der Waals surface area contributed by atoms with Crippen molar-refractivity contribution in [2.24, 2.45) is 29.4 Å². The number of nitrogens with zero attached hydrogens (tertiary/aromatic N) is 2. The van der Waals surface area contributed by atoms with E-state index < -0.39 is 5.91 Å². The Hall–Kier alpha value is -2.11. The molecule has 2 heterocycles. The van der Waals surface area contributed by atoms with E-state index in [1.54, 1.807) is 12.5 Å². The van der Waals surface area contributed by atoms with E-state index in [4.69, 9.17) is 5.73 Å². The molecule has 4 fully saturated rings. The Labute approximate surface area is 134 Å². The molecular weight excluding hydrogens is 290 g/mol. The lowest BCUT2D eigenvalue weighted by Crippen LogP contribution is -2.51. The number of H-pyrrole nitrogens is 1. The van der Waals surface area contributed by atoms with E-state index >= 15 is 0 Å². The number of aromatic nitrogens is 3. The highest BCUT2D eigenvalue weighted by molar-refractivity contribution is 6.04. The predicted octanol–water partition coefficient (Wildman–Crippen LogP) is 2.29. The maximum absolute atomic E-state index is 11.8. The number of aromatic amines is 1. The number of nitrogens with one attached hydrogen (secondary N) is 2. The molecule has 4 aliphatic rings. The van der Waals surface area contributed by atoms with Crippen molar-refractivity contribution in [1.29, 1.82) is 0 Å². The van der Waals surface area contributed by atoms with Crippen LogP contribution in [-0.4, -0.2) is 26.9 Å². The SMILES string of the molecule is NC(=O)c1cnc2nc[nH]c2c1NC1C2CC3CC(C2)CC1C3. The van der Waals surface area contributed by atoms with Gasteiger partial charge in [-0.2, -0.15) is 0 Å². The summed E-state index contributed by atoms with van der Waals surface area (Å²) >= 11 is 0. The standard InChI is InChI=1S/C17H21N5O/c18-16(23)12-6-19-17-15(20-7-21-17)14(12)22-13-10-2-8-1-9(4-10)5-11(13)3-8/h6-11,13H,1-5H2,(H2,18,23)(H2,19,20,21,22). The molecule has 2 aromatic heterocycles. The van der Waals surface area contributed by atoms with Gasteiger partial charge in [0.25, 0.3) is 5.91 Å². The van der Waals surface area contributed by atoms with Gasteiger partial charge >= 0.3 is 0 Å². The average Bonchev–Trinajstić information content (AvgIpc) is 2.98. The highest BCUT2D eigenvalue weighted by Gasteiger charge is 2.48. The summed E-state index contributed by atoms with van der Waals surface area (Å²) in [4.78, 5) is 23.4. The molecule has 0 aromatic carbocycles. The predicted molar refractivity (Wildman–Crippen MR) is 86.9 cm³/mol. The number of carbonyl (C=O) groups excluding carboxylic acids is 1. The molecule has 6 heteroatoms. The van der Waals surface area contributed by atoms with Crippen LogP contribution in [0.4, 0.5) is 5.69 Å². The number of hydrogen-bond acceptors (Lipinski definition) is 4. The van der Waals surface area contributed by atoms with E-state index in [2.05, 4.69) is 20.3 Å². The van der Waals surface area contributed by atoms with Crippen molar-refractivity contribution in [2.75, 3.05) is 5.32 Å². The van der Waals surface area contributed by atoms with Crippen LogP contribution < -0.4 is 11.1 Å². The lowest BCUT2D eigenvalue weighted by Gasteiger charge is -2.54. The van der Waals surface area contributed by atoms with Gasteiger partial charge in [-0.05, 0) is 55.8 Å². The molecule has 4 saturated carbocycles. The molecule has 0 spiro atoms. The molecule has 2 aromatic rings. The summed E-state index contributed by atoms with van der Waals surface area (Å²) in [5, 5.41) is 3.69. The first-order chi connectivity index (χ1) is 11.2. The van der Waals surface area contributed by atoms with Crippen molar-refractivity contribution < 1.29 is 4.79 Å². The third kappa shape index (κ3) is 1.97. The van der Waals surface area contributed by atoms with Crippen LogP contribution >= 0.6 is 0 Å². The number of carbonyl (C=O) groups is 1. The van der Waals surface area contributed by atoms with Gasteiger partial charge in [0, 0.05) is 12.2 Å². The normalized spacial score (nSPS) is 34.9. The Morgan fingerprint density at radius 2 is 1.83 bits per heavy atom. The Bertz CT molecular complexity index is 754. The molecule has 4 bridgehead atoms. The molecule has 1 amide bonds. The first kappa shape index (κ1) is 13.3. The Morgan fingerprint density at radius 1 is 1.13 bits per heavy atom. The molecular formula is C17H21N5O. The van der Waals surface area contributed by atoms with Crippen LogP contribution in [0.15, 0.2) is 12.5 Å². The number of amides is 1. The fourth-order valence-electron chi connectivity index (χ4n) is 5.56. The van der Waals surface area contributed by atoms with E-state index in [0.717, 1.165) is 34.9 Å². The minimum Gasteiger partial charge on any atom is -0.379 e. The zero-order valence-corrected chi connectivity index (χ0v) is 13.0. The molecule has 0 unspecified atom stereocenters. The second-order valence-electron chi connectivity index (χ2n) is 7.61. The van der Waals surface area contributed by atoms with Gasteiger partial charge < -0.3 is 16.0 Å². The summed E-state index contributed by atoms with van der Waals surface area (Å²) in [7, 11) is 0. The molecule has 120 valence electrons. The number of anilines is 1. The van der Waals surface area contributed by atoms with Crippen molar-refractivity contribution in [3.63, 3.8) is 0 Å². The second kappa shape index (κ2) is 4.69. The Morgan fingerprint density at radius 3 is 2.48 bits per heavy atom. The van der Waals surface area contributed by atoms with E-state index in [1.807, 2.05) is 0 Å². The summed E-state index contributed by atoms with van der Waals surface area (Å²) in [6.07, 6.45) is 9.91. The number of hydrogen-bond donors (Lipinski definition) is 3. The van der Waals surface area contributed by atoms with Gasteiger partial charge in [0.15, 0.2) is 5.65 Å². The number of fused-ring (bicyclic) bond motifs is 1. The zero-order valence-electron chi connectivity index (χ0n) is 13.0. The Kier molecular flexibility index (Phi) is 2.72. The number of pyridine rings is 1. The van der Waals surface area contributed by atoms with Crippen LogP contribution in [0.1, 0.15) is 42.5 Å². The molecule has 0 atom stereocenters.